The quantitative estimate of drug-likeness (QED) is 0.504. The van der Waals surface area contributed by atoms with Crippen molar-refractivity contribution < 1.29 is 8.42 Å². The first-order valence-corrected chi connectivity index (χ1v) is 5.14. The number of nitrogens with zero attached hydrogens (tertiary/aromatic N) is 1. The van der Waals surface area contributed by atoms with Crippen molar-refractivity contribution in [2.45, 2.75) is 11.7 Å². The smallest absolute Gasteiger partial charge is 0.151 e. The third kappa shape index (κ3) is 1.68. The molecule has 0 saturated carbocycles. The summed E-state index contributed by atoms with van der Waals surface area (Å²) in [7, 11) is -2.86. The van der Waals surface area contributed by atoms with Gasteiger partial charge in [0, 0.05) is 19.3 Å². The molecule has 1 heterocycles. The van der Waals surface area contributed by atoms with E-state index in [1.54, 1.807) is 5.01 Å². The van der Waals surface area contributed by atoms with Crippen LogP contribution in [0.1, 0.15) is 6.42 Å². The summed E-state index contributed by atoms with van der Waals surface area (Å²) in [6.45, 7) is 1.18. The Bertz CT molecular complexity index is 212. The molecule has 0 bridgehead atoms. The van der Waals surface area contributed by atoms with Crippen molar-refractivity contribution in [3.05, 3.63) is 0 Å². The van der Waals surface area contributed by atoms with Crippen LogP contribution in [0.15, 0.2) is 0 Å². The van der Waals surface area contributed by atoms with E-state index in [9.17, 15) is 8.42 Å². The van der Waals surface area contributed by atoms with Crippen LogP contribution in [0.5, 0.6) is 0 Å². The van der Waals surface area contributed by atoms with Gasteiger partial charge in [0.1, 0.15) is 0 Å². The third-order valence-corrected chi connectivity index (χ3v) is 3.38. The van der Waals surface area contributed by atoms with Crippen molar-refractivity contribution in [2.24, 2.45) is 5.84 Å². The van der Waals surface area contributed by atoms with Crippen molar-refractivity contribution >= 4 is 9.84 Å². The second-order valence-corrected chi connectivity index (χ2v) is 5.06. The average Bonchev–Trinajstić information content (AvgIpc) is 2.11. The fourth-order valence-corrected chi connectivity index (χ4v) is 2.10. The Labute approximate surface area is 60.9 Å². The van der Waals surface area contributed by atoms with Gasteiger partial charge in [-0.3, -0.25) is 5.84 Å². The van der Waals surface area contributed by atoms with Crippen LogP contribution in [0, 0.1) is 0 Å². The van der Waals surface area contributed by atoms with E-state index in [2.05, 4.69) is 0 Å². The van der Waals surface area contributed by atoms with E-state index in [-0.39, 0.29) is 5.25 Å². The van der Waals surface area contributed by atoms with Crippen LogP contribution >= 0.6 is 0 Å². The molecule has 0 aromatic heterocycles. The van der Waals surface area contributed by atoms with E-state index in [1.165, 1.54) is 6.26 Å². The van der Waals surface area contributed by atoms with Gasteiger partial charge in [-0.15, -0.1) is 0 Å². The fourth-order valence-electron chi connectivity index (χ4n) is 1.10. The lowest BCUT2D eigenvalue weighted by Crippen LogP contribution is -2.31. The largest absolute Gasteiger partial charge is 0.269 e. The molecule has 0 aromatic rings. The highest BCUT2D eigenvalue weighted by Gasteiger charge is 2.27. The summed E-state index contributed by atoms with van der Waals surface area (Å²) < 4.78 is 21.8. The van der Waals surface area contributed by atoms with Crippen LogP contribution in [0.4, 0.5) is 0 Å². The summed E-state index contributed by atoms with van der Waals surface area (Å²) >= 11 is 0. The van der Waals surface area contributed by atoms with Crippen molar-refractivity contribution in [1.29, 1.82) is 0 Å². The van der Waals surface area contributed by atoms with Gasteiger partial charge in [0.2, 0.25) is 0 Å². The molecule has 5 heteroatoms. The molecule has 10 heavy (non-hydrogen) atoms. The molecule has 0 spiro atoms. The molecule has 1 fully saturated rings. The van der Waals surface area contributed by atoms with Gasteiger partial charge >= 0.3 is 0 Å². The predicted octanol–water partition coefficient (Wildman–Crippen LogP) is -1.02. The summed E-state index contributed by atoms with van der Waals surface area (Å²) in [4.78, 5) is 0. The number of hydrogen-bond donors (Lipinski definition) is 1. The lowest BCUT2D eigenvalue weighted by atomic mass is 10.4. The van der Waals surface area contributed by atoms with Crippen LogP contribution in [-0.2, 0) is 9.84 Å². The Morgan fingerprint density at radius 3 is 2.40 bits per heavy atom. The molecule has 1 atom stereocenters. The minimum Gasteiger partial charge on any atom is -0.269 e. The molecule has 1 rings (SSSR count). The fraction of sp³-hybridized carbons (Fsp3) is 1.00. The van der Waals surface area contributed by atoms with Crippen LogP contribution in [0.3, 0.4) is 0 Å². The van der Waals surface area contributed by atoms with Crippen molar-refractivity contribution in [2.75, 3.05) is 19.3 Å². The minimum atomic E-state index is -2.86. The Hall–Kier alpha value is -0.130. The number of hydrazine groups is 1. The number of nitrogens with two attached hydrogens (primary N) is 1. The Morgan fingerprint density at radius 1 is 1.60 bits per heavy atom. The van der Waals surface area contributed by atoms with E-state index in [1.807, 2.05) is 0 Å². The molecule has 0 radical (unpaired) electrons. The van der Waals surface area contributed by atoms with E-state index in [0.29, 0.717) is 19.5 Å². The Balaban J connectivity index is 2.62. The number of hydrogen-bond acceptors (Lipinski definition) is 4. The molecule has 4 nitrogen and oxygen atoms in total. The number of rotatable bonds is 1. The first kappa shape index (κ1) is 7.97. The monoisotopic (exact) mass is 164 g/mol. The molecule has 2 N–H and O–H groups in total. The molecule has 0 aromatic carbocycles. The van der Waals surface area contributed by atoms with Crippen LogP contribution < -0.4 is 5.84 Å². The molecule has 1 aliphatic rings. The molecular weight excluding hydrogens is 152 g/mol. The van der Waals surface area contributed by atoms with Crippen molar-refractivity contribution in [3.8, 4) is 0 Å². The van der Waals surface area contributed by atoms with Crippen LogP contribution in [-0.4, -0.2) is 38.0 Å². The highest BCUT2D eigenvalue weighted by Crippen LogP contribution is 2.12. The molecule has 60 valence electrons. The molecular formula is C5H12N2O2S. The second kappa shape index (κ2) is 2.48. The van der Waals surface area contributed by atoms with Crippen LogP contribution in [0.25, 0.3) is 0 Å². The SMILES string of the molecule is CS(=O)(=O)[C@@H]1CCN(N)C1. The van der Waals surface area contributed by atoms with Crippen molar-refractivity contribution in [1.82, 2.24) is 5.01 Å². The normalized spacial score (nSPS) is 29.2. The predicted molar refractivity (Wildman–Crippen MR) is 39.0 cm³/mol. The van der Waals surface area contributed by atoms with E-state index >= 15 is 0 Å². The van der Waals surface area contributed by atoms with Gasteiger partial charge in [0.05, 0.1) is 5.25 Å². The average molecular weight is 164 g/mol. The van der Waals surface area contributed by atoms with Crippen LogP contribution in [0.2, 0.25) is 0 Å². The maximum Gasteiger partial charge on any atom is 0.151 e. The minimum absolute atomic E-state index is 0.238. The molecule has 0 amide bonds. The van der Waals surface area contributed by atoms with Gasteiger partial charge in [-0.05, 0) is 6.42 Å². The maximum atomic E-state index is 10.9. The Morgan fingerprint density at radius 2 is 2.20 bits per heavy atom. The highest BCUT2D eigenvalue weighted by molar-refractivity contribution is 7.91. The third-order valence-electron chi connectivity index (χ3n) is 1.78. The lowest BCUT2D eigenvalue weighted by molar-refractivity contribution is 0.355. The van der Waals surface area contributed by atoms with Gasteiger partial charge in [-0.1, -0.05) is 0 Å². The standard InChI is InChI=1S/C5H12N2O2S/c1-10(8,9)5-2-3-7(6)4-5/h5H,2-4,6H2,1H3/t5-/m1/s1. The Kier molecular flexibility index (Phi) is 1.98. The molecule has 0 aliphatic carbocycles. The summed E-state index contributed by atoms with van der Waals surface area (Å²) in [5.74, 6) is 5.39. The molecule has 1 aliphatic heterocycles. The topological polar surface area (TPSA) is 63.4 Å². The highest BCUT2D eigenvalue weighted by atomic mass is 32.2. The zero-order valence-corrected chi connectivity index (χ0v) is 6.76. The van der Waals surface area contributed by atoms with Gasteiger partial charge in [0.25, 0.3) is 0 Å². The van der Waals surface area contributed by atoms with Gasteiger partial charge in [0.15, 0.2) is 9.84 Å². The maximum absolute atomic E-state index is 10.9. The first-order chi connectivity index (χ1) is 4.50. The zero-order valence-electron chi connectivity index (χ0n) is 5.95. The van der Waals surface area contributed by atoms with Gasteiger partial charge in [-0.2, -0.15) is 0 Å². The van der Waals surface area contributed by atoms with E-state index in [4.69, 9.17) is 5.84 Å². The summed E-state index contributed by atoms with van der Waals surface area (Å²) in [5, 5.41) is 1.31. The first-order valence-electron chi connectivity index (χ1n) is 3.18. The molecule has 0 unspecified atom stereocenters. The summed E-state index contributed by atoms with van der Waals surface area (Å²) in [6.07, 6.45) is 1.94. The summed E-state index contributed by atoms with van der Waals surface area (Å²) in [5.41, 5.74) is 0. The van der Waals surface area contributed by atoms with Gasteiger partial charge in [-0.25, -0.2) is 13.4 Å². The number of sulfone groups is 1. The van der Waals surface area contributed by atoms with E-state index in [0.717, 1.165) is 0 Å². The second-order valence-electron chi connectivity index (χ2n) is 2.74. The van der Waals surface area contributed by atoms with Crippen molar-refractivity contribution in [3.63, 3.8) is 0 Å². The lowest BCUT2D eigenvalue weighted by Gasteiger charge is -2.06. The molecule has 1 saturated heterocycles. The zero-order chi connectivity index (χ0) is 7.78. The van der Waals surface area contributed by atoms with E-state index < -0.39 is 9.84 Å². The summed E-state index contributed by atoms with van der Waals surface area (Å²) in [6, 6.07) is 0. The van der Waals surface area contributed by atoms with Gasteiger partial charge < -0.3 is 0 Å².